The van der Waals surface area contributed by atoms with E-state index in [2.05, 4.69) is 15.0 Å². The van der Waals surface area contributed by atoms with Gasteiger partial charge in [-0.15, -0.1) is 0 Å². The molecule has 6 nitrogen and oxygen atoms in total. The fourth-order valence-corrected chi connectivity index (χ4v) is 2.93. The SMILES string of the molecule is Cc1cc(N(C)C)c2cc(C3N=C(Cl)N=C(Cl)N3N)ccc2n1. The third-order valence-electron chi connectivity index (χ3n) is 3.61. The zero-order valence-corrected chi connectivity index (χ0v) is 14.5. The first kappa shape index (κ1) is 16.0. The third kappa shape index (κ3) is 2.97. The van der Waals surface area contributed by atoms with Gasteiger partial charge in [-0.25, -0.2) is 10.8 Å². The lowest BCUT2D eigenvalue weighted by molar-refractivity contribution is 0.339. The Balaban J connectivity index is 2.15. The lowest BCUT2D eigenvalue weighted by Gasteiger charge is -2.27. The number of amidine groups is 2. The topological polar surface area (TPSA) is 70.1 Å². The van der Waals surface area contributed by atoms with E-state index in [1.807, 2.05) is 50.2 Å². The van der Waals surface area contributed by atoms with Crippen LogP contribution in [0, 0.1) is 6.92 Å². The van der Waals surface area contributed by atoms with Crippen LogP contribution in [0.15, 0.2) is 34.3 Å². The lowest BCUT2D eigenvalue weighted by Crippen LogP contribution is -2.40. The lowest BCUT2D eigenvalue weighted by atomic mass is 10.1. The number of aryl methyl sites for hydroxylation is 1. The van der Waals surface area contributed by atoms with Crippen LogP contribution in [0.3, 0.4) is 0 Å². The fourth-order valence-electron chi connectivity index (χ4n) is 2.55. The van der Waals surface area contributed by atoms with Crippen molar-refractivity contribution in [1.29, 1.82) is 0 Å². The van der Waals surface area contributed by atoms with E-state index >= 15 is 0 Å². The number of hydrogen-bond donors (Lipinski definition) is 1. The van der Waals surface area contributed by atoms with Crippen molar-refractivity contribution in [2.45, 2.75) is 13.1 Å². The van der Waals surface area contributed by atoms with Gasteiger partial charge in [0.05, 0.1) is 5.52 Å². The molecular formula is C15H16Cl2N6. The molecule has 0 radical (unpaired) electrons. The molecule has 0 saturated heterocycles. The molecule has 2 heterocycles. The van der Waals surface area contributed by atoms with Crippen LogP contribution < -0.4 is 10.7 Å². The van der Waals surface area contributed by atoms with Gasteiger partial charge in [0.15, 0.2) is 6.17 Å². The summed E-state index contributed by atoms with van der Waals surface area (Å²) >= 11 is 11.9. The molecule has 0 spiro atoms. The standard InChI is InChI=1S/C15H16Cl2N6/c1-8-6-12(22(2)3)10-7-9(4-5-11(10)19-8)13-20-14(16)21-15(17)23(13)18/h4-7,13H,18H2,1-3H3. The van der Waals surface area contributed by atoms with Gasteiger partial charge >= 0.3 is 0 Å². The maximum Gasteiger partial charge on any atom is 0.222 e. The molecule has 0 saturated carbocycles. The monoisotopic (exact) mass is 350 g/mol. The number of aliphatic imine (C=N–C) groups is 2. The van der Waals surface area contributed by atoms with Gasteiger partial charge in [0.2, 0.25) is 10.6 Å². The molecule has 1 aromatic heterocycles. The van der Waals surface area contributed by atoms with Gasteiger partial charge in [0, 0.05) is 30.9 Å². The minimum atomic E-state index is -0.520. The van der Waals surface area contributed by atoms with Crippen LogP contribution >= 0.6 is 23.2 Å². The molecule has 23 heavy (non-hydrogen) atoms. The second-order valence-corrected chi connectivity index (χ2v) is 6.19. The van der Waals surface area contributed by atoms with Gasteiger partial charge in [-0.1, -0.05) is 6.07 Å². The van der Waals surface area contributed by atoms with Gasteiger partial charge in [0.25, 0.3) is 0 Å². The average Bonchev–Trinajstić information content (AvgIpc) is 2.49. The Labute approximate surface area is 144 Å². The van der Waals surface area contributed by atoms with Crippen LogP contribution in [0.1, 0.15) is 17.4 Å². The molecule has 120 valence electrons. The van der Waals surface area contributed by atoms with Gasteiger partial charge < -0.3 is 4.90 Å². The maximum absolute atomic E-state index is 5.99. The molecule has 0 amide bonds. The van der Waals surface area contributed by atoms with Crippen molar-refractivity contribution in [3.63, 3.8) is 0 Å². The number of hydrogen-bond acceptors (Lipinski definition) is 6. The molecule has 8 heteroatoms. The van der Waals surface area contributed by atoms with Crippen molar-refractivity contribution < 1.29 is 0 Å². The predicted molar refractivity (Wildman–Crippen MR) is 96.2 cm³/mol. The highest BCUT2D eigenvalue weighted by Crippen LogP contribution is 2.31. The number of hydrazine groups is 1. The first-order valence-corrected chi connectivity index (χ1v) is 7.72. The van der Waals surface area contributed by atoms with Crippen LogP contribution in [-0.2, 0) is 0 Å². The van der Waals surface area contributed by atoms with E-state index < -0.39 is 6.17 Å². The summed E-state index contributed by atoms with van der Waals surface area (Å²) in [6.45, 7) is 1.98. The fraction of sp³-hybridized carbons (Fsp3) is 0.267. The highest BCUT2D eigenvalue weighted by Gasteiger charge is 2.24. The van der Waals surface area contributed by atoms with Crippen LogP contribution in [0.2, 0.25) is 0 Å². The smallest absolute Gasteiger partial charge is 0.222 e. The van der Waals surface area contributed by atoms with Crippen LogP contribution in [0.4, 0.5) is 5.69 Å². The third-order valence-corrected chi connectivity index (χ3v) is 4.07. The summed E-state index contributed by atoms with van der Waals surface area (Å²) in [6.07, 6.45) is -0.520. The van der Waals surface area contributed by atoms with E-state index in [1.165, 1.54) is 5.01 Å². The van der Waals surface area contributed by atoms with E-state index in [4.69, 9.17) is 29.0 Å². The Bertz CT molecular complexity index is 830. The van der Waals surface area contributed by atoms with Gasteiger partial charge in [-0.2, -0.15) is 4.99 Å². The van der Waals surface area contributed by atoms with Crippen LogP contribution in [0.5, 0.6) is 0 Å². The number of anilines is 1. The summed E-state index contributed by atoms with van der Waals surface area (Å²) in [4.78, 5) is 14.7. The van der Waals surface area contributed by atoms with Crippen molar-refractivity contribution in [2.24, 2.45) is 15.8 Å². The summed E-state index contributed by atoms with van der Waals surface area (Å²) < 4.78 is 0. The van der Waals surface area contributed by atoms with E-state index in [0.29, 0.717) is 0 Å². The number of halogens is 2. The average molecular weight is 351 g/mol. The molecule has 2 N–H and O–H groups in total. The Morgan fingerprint density at radius 3 is 2.65 bits per heavy atom. The number of aromatic nitrogens is 1. The second kappa shape index (κ2) is 5.96. The Hall–Kier alpha value is -1.89. The van der Waals surface area contributed by atoms with Crippen molar-refractivity contribution >= 4 is 50.4 Å². The number of nitrogens with zero attached hydrogens (tertiary/aromatic N) is 5. The number of pyridine rings is 1. The molecule has 1 aliphatic heterocycles. The maximum atomic E-state index is 5.99. The Morgan fingerprint density at radius 1 is 1.22 bits per heavy atom. The molecule has 0 aliphatic carbocycles. The Morgan fingerprint density at radius 2 is 1.96 bits per heavy atom. The molecule has 1 aliphatic rings. The summed E-state index contributed by atoms with van der Waals surface area (Å²) in [5, 5.41) is 2.48. The van der Waals surface area contributed by atoms with E-state index in [-0.39, 0.29) is 10.6 Å². The second-order valence-electron chi connectivity index (χ2n) is 5.51. The molecule has 3 rings (SSSR count). The van der Waals surface area contributed by atoms with E-state index in [9.17, 15) is 0 Å². The molecule has 1 unspecified atom stereocenters. The highest BCUT2D eigenvalue weighted by molar-refractivity contribution is 6.71. The molecular weight excluding hydrogens is 335 g/mol. The number of nitrogens with two attached hydrogens (primary N) is 1. The number of benzene rings is 1. The zero-order valence-electron chi connectivity index (χ0n) is 13.0. The quantitative estimate of drug-likeness (QED) is 0.667. The highest BCUT2D eigenvalue weighted by atomic mass is 35.5. The summed E-state index contributed by atoms with van der Waals surface area (Å²) in [5.74, 6) is 5.96. The Kier molecular flexibility index (Phi) is 4.14. The normalized spacial score (nSPS) is 18.0. The first-order chi connectivity index (χ1) is 10.9. The zero-order chi connectivity index (χ0) is 16.7. The van der Waals surface area contributed by atoms with Crippen molar-refractivity contribution in [1.82, 2.24) is 9.99 Å². The van der Waals surface area contributed by atoms with Gasteiger partial charge in [0.1, 0.15) is 0 Å². The summed E-state index contributed by atoms with van der Waals surface area (Å²) in [5.41, 5.74) is 3.80. The van der Waals surface area contributed by atoms with Gasteiger partial charge in [-0.05, 0) is 53.9 Å². The predicted octanol–water partition coefficient (Wildman–Crippen LogP) is 2.99. The molecule has 1 atom stereocenters. The number of fused-ring (bicyclic) bond motifs is 1. The van der Waals surface area contributed by atoms with Gasteiger partial charge in [-0.3, -0.25) is 9.99 Å². The van der Waals surface area contributed by atoms with Crippen molar-refractivity contribution in [2.75, 3.05) is 19.0 Å². The number of rotatable bonds is 2. The molecule has 2 aromatic rings. The summed E-state index contributed by atoms with van der Waals surface area (Å²) in [7, 11) is 3.99. The minimum Gasteiger partial charge on any atom is -0.377 e. The largest absolute Gasteiger partial charge is 0.377 e. The molecule has 1 aromatic carbocycles. The first-order valence-electron chi connectivity index (χ1n) is 6.97. The van der Waals surface area contributed by atoms with Crippen molar-refractivity contribution in [3.05, 3.63) is 35.5 Å². The van der Waals surface area contributed by atoms with Crippen LogP contribution in [-0.4, -0.2) is 34.7 Å². The molecule has 0 fully saturated rings. The summed E-state index contributed by atoms with van der Waals surface area (Å²) in [6, 6.07) is 7.91. The van der Waals surface area contributed by atoms with E-state index in [1.54, 1.807) is 0 Å². The van der Waals surface area contributed by atoms with E-state index in [0.717, 1.165) is 27.8 Å². The molecule has 0 bridgehead atoms. The van der Waals surface area contributed by atoms with Crippen molar-refractivity contribution in [3.8, 4) is 0 Å². The van der Waals surface area contributed by atoms with Crippen LogP contribution in [0.25, 0.3) is 10.9 Å². The minimum absolute atomic E-state index is 0.0802.